The SMILES string of the molecule is C1=CCCC(c2ccc(-c3ccccc3)cc2)=C1.CC. The third-order valence-electron chi connectivity index (χ3n) is 3.38. The second-order valence-electron chi connectivity index (χ2n) is 4.60. The minimum atomic E-state index is 1.15. The van der Waals surface area contributed by atoms with Crippen molar-refractivity contribution in [2.75, 3.05) is 0 Å². The molecule has 0 atom stereocenters. The lowest BCUT2D eigenvalue weighted by atomic mass is 9.95. The van der Waals surface area contributed by atoms with Gasteiger partial charge >= 0.3 is 0 Å². The van der Waals surface area contributed by atoms with Crippen LogP contribution in [0.15, 0.2) is 72.8 Å². The predicted octanol–water partition coefficient (Wildman–Crippen LogP) is 6.11. The molecule has 0 fully saturated rings. The van der Waals surface area contributed by atoms with E-state index in [-0.39, 0.29) is 0 Å². The molecular weight excluding hydrogens is 240 g/mol. The van der Waals surface area contributed by atoms with Gasteiger partial charge in [0.25, 0.3) is 0 Å². The topological polar surface area (TPSA) is 0 Å². The maximum Gasteiger partial charge on any atom is -0.0184 e. The predicted molar refractivity (Wildman–Crippen MR) is 89.6 cm³/mol. The van der Waals surface area contributed by atoms with E-state index in [2.05, 4.69) is 72.8 Å². The van der Waals surface area contributed by atoms with Gasteiger partial charge in [-0.3, -0.25) is 0 Å². The molecule has 0 unspecified atom stereocenters. The molecule has 0 radical (unpaired) electrons. The summed E-state index contributed by atoms with van der Waals surface area (Å²) in [5.74, 6) is 0. The van der Waals surface area contributed by atoms with E-state index in [1.165, 1.54) is 22.3 Å². The van der Waals surface area contributed by atoms with Crippen LogP contribution in [0.4, 0.5) is 0 Å². The lowest BCUT2D eigenvalue weighted by Gasteiger charge is -2.10. The van der Waals surface area contributed by atoms with Crippen LogP contribution in [0.3, 0.4) is 0 Å². The van der Waals surface area contributed by atoms with Crippen LogP contribution in [0.25, 0.3) is 16.7 Å². The first-order valence-electron chi connectivity index (χ1n) is 7.45. The Morgan fingerprint density at radius 1 is 0.700 bits per heavy atom. The summed E-state index contributed by atoms with van der Waals surface area (Å²) in [6, 6.07) is 19.4. The molecule has 0 saturated heterocycles. The van der Waals surface area contributed by atoms with E-state index in [0.29, 0.717) is 0 Å². The molecule has 0 N–H and O–H groups in total. The van der Waals surface area contributed by atoms with E-state index >= 15 is 0 Å². The molecule has 20 heavy (non-hydrogen) atoms. The van der Waals surface area contributed by atoms with E-state index in [9.17, 15) is 0 Å². The molecule has 0 saturated carbocycles. The van der Waals surface area contributed by atoms with Crippen molar-refractivity contribution in [2.24, 2.45) is 0 Å². The van der Waals surface area contributed by atoms with E-state index < -0.39 is 0 Å². The van der Waals surface area contributed by atoms with Crippen molar-refractivity contribution in [3.8, 4) is 11.1 Å². The van der Waals surface area contributed by atoms with Gasteiger partial charge in [-0.25, -0.2) is 0 Å². The minimum Gasteiger partial charge on any atom is -0.0842 e. The van der Waals surface area contributed by atoms with E-state index in [1.807, 2.05) is 13.8 Å². The molecule has 0 heterocycles. The van der Waals surface area contributed by atoms with Crippen molar-refractivity contribution in [3.63, 3.8) is 0 Å². The standard InChI is InChI=1S/C18H16.C2H6/c1-3-7-15(8-4-1)17-11-13-18(14-12-17)16-9-5-2-6-10-16;1-2/h1-5,7-9,11-14H,6,10H2;1-2H3. The Bertz CT molecular complexity index is 571. The van der Waals surface area contributed by atoms with E-state index in [1.54, 1.807) is 0 Å². The van der Waals surface area contributed by atoms with Gasteiger partial charge in [0.1, 0.15) is 0 Å². The fraction of sp³-hybridized carbons (Fsp3) is 0.200. The normalized spacial score (nSPS) is 13.2. The molecule has 1 aliphatic rings. The summed E-state index contributed by atoms with van der Waals surface area (Å²) >= 11 is 0. The van der Waals surface area contributed by atoms with Crippen LogP contribution in [-0.2, 0) is 0 Å². The van der Waals surface area contributed by atoms with Crippen LogP contribution in [0.5, 0.6) is 0 Å². The van der Waals surface area contributed by atoms with Gasteiger partial charge < -0.3 is 0 Å². The highest BCUT2D eigenvalue weighted by Gasteiger charge is 2.03. The third-order valence-corrected chi connectivity index (χ3v) is 3.38. The number of hydrogen-bond acceptors (Lipinski definition) is 0. The lowest BCUT2D eigenvalue weighted by molar-refractivity contribution is 1.05. The molecule has 0 nitrogen and oxygen atoms in total. The van der Waals surface area contributed by atoms with Gasteiger partial charge in [-0.2, -0.15) is 0 Å². The average molecular weight is 262 g/mol. The first-order valence-corrected chi connectivity index (χ1v) is 7.45. The van der Waals surface area contributed by atoms with Crippen molar-refractivity contribution < 1.29 is 0 Å². The zero-order valence-electron chi connectivity index (χ0n) is 12.3. The molecule has 0 amide bonds. The second kappa shape index (κ2) is 7.49. The maximum absolute atomic E-state index is 2.23. The highest BCUT2D eigenvalue weighted by Crippen LogP contribution is 2.26. The molecule has 0 aromatic heterocycles. The van der Waals surface area contributed by atoms with Crippen molar-refractivity contribution in [2.45, 2.75) is 26.7 Å². The zero-order chi connectivity index (χ0) is 14.2. The van der Waals surface area contributed by atoms with Gasteiger partial charge in [0.2, 0.25) is 0 Å². The molecule has 2 aromatic rings. The van der Waals surface area contributed by atoms with Crippen molar-refractivity contribution in [1.29, 1.82) is 0 Å². The summed E-state index contributed by atoms with van der Waals surface area (Å²) in [5, 5.41) is 0. The third kappa shape index (κ3) is 3.48. The van der Waals surface area contributed by atoms with Crippen molar-refractivity contribution in [3.05, 3.63) is 78.4 Å². The largest absolute Gasteiger partial charge is 0.0842 e. The zero-order valence-corrected chi connectivity index (χ0v) is 12.3. The fourth-order valence-corrected chi connectivity index (χ4v) is 2.35. The fourth-order valence-electron chi connectivity index (χ4n) is 2.35. The molecule has 0 aliphatic heterocycles. The van der Waals surface area contributed by atoms with Crippen LogP contribution < -0.4 is 0 Å². The highest BCUT2D eigenvalue weighted by atomic mass is 14.1. The highest BCUT2D eigenvalue weighted by molar-refractivity contribution is 5.71. The van der Waals surface area contributed by atoms with E-state index in [0.717, 1.165) is 12.8 Å². The van der Waals surface area contributed by atoms with Crippen LogP contribution in [0.1, 0.15) is 32.3 Å². The van der Waals surface area contributed by atoms with Gasteiger partial charge in [-0.1, -0.05) is 86.7 Å². The summed E-state index contributed by atoms with van der Waals surface area (Å²) in [7, 11) is 0. The quantitative estimate of drug-likeness (QED) is 0.612. The van der Waals surface area contributed by atoms with Gasteiger partial charge in [0, 0.05) is 0 Å². The molecule has 2 aromatic carbocycles. The van der Waals surface area contributed by atoms with Crippen LogP contribution in [0.2, 0.25) is 0 Å². The van der Waals surface area contributed by atoms with Crippen molar-refractivity contribution >= 4 is 5.57 Å². The van der Waals surface area contributed by atoms with Gasteiger partial charge in [-0.15, -0.1) is 0 Å². The average Bonchev–Trinajstić information content (AvgIpc) is 2.58. The van der Waals surface area contributed by atoms with E-state index in [4.69, 9.17) is 0 Å². The summed E-state index contributed by atoms with van der Waals surface area (Å²) in [4.78, 5) is 0. The summed E-state index contributed by atoms with van der Waals surface area (Å²) in [6.45, 7) is 4.00. The molecule has 102 valence electrons. The number of hydrogen-bond donors (Lipinski definition) is 0. The molecule has 0 bridgehead atoms. The first-order chi connectivity index (χ1) is 9.93. The Kier molecular flexibility index (Phi) is 5.37. The smallest absolute Gasteiger partial charge is 0.0184 e. The Morgan fingerprint density at radius 3 is 1.90 bits per heavy atom. The molecule has 1 aliphatic carbocycles. The summed E-state index contributed by atoms with van der Waals surface area (Å²) in [6.07, 6.45) is 8.92. The maximum atomic E-state index is 2.23. The Balaban J connectivity index is 0.000000704. The first kappa shape index (κ1) is 14.3. The molecule has 3 rings (SSSR count). The number of benzene rings is 2. The van der Waals surface area contributed by atoms with Crippen LogP contribution >= 0.6 is 0 Å². The van der Waals surface area contributed by atoms with Gasteiger partial charge in [0.15, 0.2) is 0 Å². The Hall–Kier alpha value is -2.08. The molecule has 0 heteroatoms. The lowest BCUT2D eigenvalue weighted by Crippen LogP contribution is -1.88. The number of rotatable bonds is 2. The van der Waals surface area contributed by atoms with Gasteiger partial charge in [0.05, 0.1) is 0 Å². The minimum absolute atomic E-state index is 1.15. The van der Waals surface area contributed by atoms with Crippen molar-refractivity contribution in [1.82, 2.24) is 0 Å². The molecular formula is C20H22. The Morgan fingerprint density at radius 2 is 1.30 bits per heavy atom. The van der Waals surface area contributed by atoms with Crippen LogP contribution in [-0.4, -0.2) is 0 Å². The number of allylic oxidation sites excluding steroid dienone is 4. The summed E-state index contributed by atoms with van der Waals surface area (Å²) < 4.78 is 0. The monoisotopic (exact) mass is 262 g/mol. The summed E-state index contributed by atoms with van der Waals surface area (Å²) in [5.41, 5.74) is 5.35. The second-order valence-corrected chi connectivity index (χ2v) is 4.60. The van der Waals surface area contributed by atoms with Crippen LogP contribution in [0, 0.1) is 0 Å². The molecule has 0 spiro atoms. The van der Waals surface area contributed by atoms with Gasteiger partial charge in [-0.05, 0) is 35.1 Å². The Labute approximate surface area is 122 Å².